The first-order valence-electron chi connectivity index (χ1n) is 4.22. The van der Waals surface area contributed by atoms with Gasteiger partial charge >= 0.3 is 0 Å². The molecule has 0 amide bonds. The van der Waals surface area contributed by atoms with E-state index in [9.17, 15) is 0 Å². The lowest BCUT2D eigenvalue weighted by Gasteiger charge is -1.96. The average molecular weight is 368 g/mol. The summed E-state index contributed by atoms with van der Waals surface area (Å²) in [5, 5.41) is 0. The molecule has 0 saturated heterocycles. The van der Waals surface area contributed by atoms with Crippen molar-refractivity contribution < 1.29 is 21.5 Å². The Morgan fingerprint density at radius 2 is 2.06 bits per heavy atom. The van der Waals surface area contributed by atoms with Crippen LogP contribution in [-0.2, 0) is 0 Å². The molecule has 2 aromatic heterocycles. The highest BCUT2D eigenvalue weighted by Crippen LogP contribution is 2.09. The van der Waals surface area contributed by atoms with Gasteiger partial charge in [-0.15, -0.1) is 17.0 Å². The molecular formula is C9H12Br2N4S. The summed E-state index contributed by atoms with van der Waals surface area (Å²) in [5.74, 6) is 1.21. The number of nitrogens with two attached hydrogens (primary N) is 1. The van der Waals surface area contributed by atoms with Crippen LogP contribution in [0.1, 0.15) is 10.7 Å². The van der Waals surface area contributed by atoms with Crippen LogP contribution >= 0.6 is 28.3 Å². The van der Waals surface area contributed by atoms with Crippen LogP contribution in [0.25, 0.3) is 5.69 Å². The standard InChI is InChI=1S/C9H11N4S.2BrH/c1-6-4-13(5-14-6)8-3-11-7(2)12-9(8)10;;/h3-5H,1-2H3,(H2,10,11,12);2*1H/q+1;;/p-1. The zero-order valence-corrected chi connectivity index (χ0v) is 13.0. The minimum absolute atomic E-state index is 0. The summed E-state index contributed by atoms with van der Waals surface area (Å²) in [5.41, 5.74) is 8.61. The number of halogens is 2. The predicted octanol–water partition coefficient (Wildman–Crippen LogP) is -1.40. The molecule has 16 heavy (non-hydrogen) atoms. The van der Waals surface area contributed by atoms with Crippen molar-refractivity contribution in [2.24, 2.45) is 0 Å². The monoisotopic (exact) mass is 366 g/mol. The number of hydrogen-bond acceptors (Lipinski definition) is 4. The second-order valence-corrected chi connectivity index (χ2v) is 4.15. The molecule has 0 atom stereocenters. The van der Waals surface area contributed by atoms with Crippen LogP contribution in [0.15, 0.2) is 17.9 Å². The van der Waals surface area contributed by atoms with Gasteiger partial charge in [0.1, 0.15) is 12.0 Å². The molecule has 0 bridgehead atoms. The lowest BCUT2D eigenvalue weighted by Crippen LogP contribution is -3.00. The highest BCUT2D eigenvalue weighted by Gasteiger charge is 2.13. The second kappa shape index (κ2) is 6.27. The van der Waals surface area contributed by atoms with Crippen LogP contribution in [0, 0.1) is 13.8 Å². The van der Waals surface area contributed by atoms with Gasteiger partial charge in [0.2, 0.25) is 11.3 Å². The first kappa shape index (κ1) is 15.5. The predicted molar refractivity (Wildman–Crippen MR) is 65.6 cm³/mol. The Hall–Kier alpha value is -0.530. The number of aromatic nitrogens is 3. The van der Waals surface area contributed by atoms with Gasteiger partial charge in [0, 0.05) is 0 Å². The Morgan fingerprint density at radius 1 is 1.38 bits per heavy atom. The van der Waals surface area contributed by atoms with Gasteiger partial charge < -0.3 is 22.7 Å². The van der Waals surface area contributed by atoms with Crippen molar-refractivity contribution in [2.45, 2.75) is 13.8 Å². The van der Waals surface area contributed by atoms with Crippen LogP contribution < -0.4 is 27.3 Å². The fourth-order valence-corrected chi connectivity index (χ4v) is 1.83. The van der Waals surface area contributed by atoms with Gasteiger partial charge in [-0.2, -0.15) is 4.57 Å². The maximum Gasteiger partial charge on any atom is 0.272 e. The van der Waals surface area contributed by atoms with Gasteiger partial charge in [-0.25, -0.2) is 9.97 Å². The fraction of sp³-hybridized carbons (Fsp3) is 0.222. The van der Waals surface area contributed by atoms with Gasteiger partial charge in [-0.3, -0.25) is 0 Å². The molecule has 4 nitrogen and oxygen atoms in total. The maximum atomic E-state index is 5.80. The minimum Gasteiger partial charge on any atom is -1.00 e. The second-order valence-electron chi connectivity index (χ2n) is 3.06. The lowest BCUT2D eigenvalue weighted by molar-refractivity contribution is -0.589. The molecule has 0 fully saturated rings. The topological polar surface area (TPSA) is 55.7 Å². The molecule has 0 spiro atoms. The number of anilines is 1. The van der Waals surface area contributed by atoms with E-state index in [1.54, 1.807) is 17.5 Å². The largest absolute Gasteiger partial charge is 1.00 e. The molecule has 0 saturated carbocycles. The average Bonchev–Trinajstić information content (AvgIpc) is 2.51. The Morgan fingerprint density at radius 3 is 2.56 bits per heavy atom. The Kier molecular flexibility index (Phi) is 6.06. The summed E-state index contributed by atoms with van der Waals surface area (Å²) in [6.07, 6.45) is 3.75. The third-order valence-electron chi connectivity index (χ3n) is 1.87. The van der Waals surface area contributed by atoms with Crippen LogP contribution in [0.2, 0.25) is 0 Å². The summed E-state index contributed by atoms with van der Waals surface area (Å²) >= 11 is 1.66. The summed E-state index contributed by atoms with van der Waals surface area (Å²) in [6, 6.07) is 0. The Balaban J connectivity index is 0.00000112. The SMILES string of the molecule is Br.Cc1ncc(-[n+]2csc(C)c2)c(N)n1.[Br-]. The number of rotatable bonds is 1. The molecule has 0 aromatic carbocycles. The molecule has 2 N–H and O–H groups in total. The molecule has 2 rings (SSSR count). The zero-order valence-electron chi connectivity index (χ0n) is 8.85. The fourth-order valence-electron chi connectivity index (χ4n) is 1.20. The maximum absolute atomic E-state index is 5.80. The minimum atomic E-state index is 0. The number of aryl methyl sites for hydroxylation is 2. The van der Waals surface area contributed by atoms with E-state index in [1.165, 1.54) is 4.88 Å². The molecule has 0 aliphatic rings. The Bertz CT molecular complexity index is 472. The molecule has 0 unspecified atom stereocenters. The van der Waals surface area contributed by atoms with E-state index in [-0.39, 0.29) is 34.0 Å². The number of nitrogen functional groups attached to an aromatic ring is 1. The van der Waals surface area contributed by atoms with Crippen molar-refractivity contribution in [2.75, 3.05) is 5.73 Å². The van der Waals surface area contributed by atoms with Gasteiger partial charge in [-0.05, 0) is 13.8 Å². The molecule has 0 aliphatic carbocycles. The van der Waals surface area contributed by atoms with E-state index >= 15 is 0 Å². The van der Waals surface area contributed by atoms with Gasteiger partial charge in [0.05, 0.1) is 4.88 Å². The third kappa shape index (κ3) is 3.23. The van der Waals surface area contributed by atoms with E-state index < -0.39 is 0 Å². The number of thiazole rings is 1. The normalized spacial score (nSPS) is 9.12. The molecule has 0 aliphatic heterocycles. The van der Waals surface area contributed by atoms with Crippen molar-refractivity contribution in [3.63, 3.8) is 0 Å². The van der Waals surface area contributed by atoms with E-state index in [2.05, 4.69) is 9.97 Å². The highest BCUT2D eigenvalue weighted by atomic mass is 79.9. The van der Waals surface area contributed by atoms with E-state index in [1.807, 2.05) is 30.1 Å². The smallest absolute Gasteiger partial charge is 0.272 e. The van der Waals surface area contributed by atoms with E-state index in [0.717, 1.165) is 5.69 Å². The first-order chi connectivity index (χ1) is 6.66. The van der Waals surface area contributed by atoms with Crippen LogP contribution in [0.3, 0.4) is 0 Å². The van der Waals surface area contributed by atoms with Gasteiger partial charge in [0.15, 0.2) is 6.20 Å². The summed E-state index contributed by atoms with van der Waals surface area (Å²) in [7, 11) is 0. The summed E-state index contributed by atoms with van der Waals surface area (Å²) in [6.45, 7) is 3.87. The van der Waals surface area contributed by atoms with Crippen LogP contribution in [0.5, 0.6) is 0 Å². The van der Waals surface area contributed by atoms with E-state index in [0.29, 0.717) is 11.6 Å². The Labute approximate surface area is 119 Å². The van der Waals surface area contributed by atoms with Crippen molar-refractivity contribution in [1.82, 2.24) is 9.97 Å². The molecule has 2 heterocycles. The van der Waals surface area contributed by atoms with Crippen molar-refractivity contribution in [3.8, 4) is 5.69 Å². The molecule has 0 radical (unpaired) electrons. The molecule has 2 aromatic rings. The summed E-state index contributed by atoms with van der Waals surface area (Å²) in [4.78, 5) is 9.45. The van der Waals surface area contributed by atoms with Gasteiger partial charge in [-0.1, -0.05) is 11.3 Å². The third-order valence-corrected chi connectivity index (χ3v) is 2.68. The summed E-state index contributed by atoms with van der Waals surface area (Å²) < 4.78 is 1.94. The van der Waals surface area contributed by atoms with Crippen LogP contribution in [-0.4, -0.2) is 9.97 Å². The highest BCUT2D eigenvalue weighted by molar-refractivity contribution is 8.93. The first-order valence-corrected chi connectivity index (χ1v) is 5.10. The molecular weight excluding hydrogens is 356 g/mol. The molecule has 7 heteroatoms. The zero-order chi connectivity index (χ0) is 10.1. The molecule has 88 valence electrons. The van der Waals surface area contributed by atoms with Crippen molar-refractivity contribution in [1.29, 1.82) is 0 Å². The number of nitrogens with zero attached hydrogens (tertiary/aromatic N) is 3. The van der Waals surface area contributed by atoms with Gasteiger partial charge in [0.25, 0.3) is 5.69 Å². The number of hydrogen-bond donors (Lipinski definition) is 1. The van der Waals surface area contributed by atoms with Crippen LogP contribution in [0.4, 0.5) is 5.82 Å². The quantitative estimate of drug-likeness (QED) is 0.630. The van der Waals surface area contributed by atoms with Crippen molar-refractivity contribution >= 4 is 34.1 Å². The van der Waals surface area contributed by atoms with E-state index in [4.69, 9.17) is 5.73 Å². The van der Waals surface area contributed by atoms with Crippen molar-refractivity contribution in [3.05, 3.63) is 28.6 Å². The lowest BCUT2D eigenvalue weighted by atomic mass is 10.4.